The first kappa shape index (κ1) is 23.7. The monoisotopic (exact) mass is 482 g/mol. The molecule has 0 aliphatic carbocycles. The zero-order valence-corrected chi connectivity index (χ0v) is 21.6. The number of hydrogen-bond donors (Lipinski definition) is 0. The Morgan fingerprint density at radius 1 is 0.970 bits per heavy atom. The fourth-order valence-electron chi connectivity index (χ4n) is 4.24. The lowest BCUT2D eigenvalue weighted by Gasteiger charge is -2.27. The van der Waals surface area contributed by atoms with Crippen LogP contribution in [0.3, 0.4) is 0 Å². The van der Waals surface area contributed by atoms with Crippen molar-refractivity contribution in [2.75, 3.05) is 18.0 Å². The Balaban J connectivity index is 2.11. The van der Waals surface area contributed by atoms with Crippen molar-refractivity contribution in [1.29, 1.82) is 0 Å². The summed E-state index contributed by atoms with van der Waals surface area (Å²) in [6, 6.07) is 7.42. The minimum atomic E-state index is -0.0783. The molecule has 0 radical (unpaired) electrons. The van der Waals surface area contributed by atoms with Gasteiger partial charge in [-0.1, -0.05) is 38.3 Å². The lowest BCUT2D eigenvalue weighted by Crippen LogP contribution is -2.34. The highest BCUT2D eigenvalue weighted by atomic mass is 35.5. The van der Waals surface area contributed by atoms with Gasteiger partial charge in [-0.15, -0.1) is 11.3 Å². The third-order valence-corrected chi connectivity index (χ3v) is 7.58. The van der Waals surface area contributed by atoms with E-state index in [9.17, 15) is 4.79 Å². The van der Waals surface area contributed by atoms with Crippen molar-refractivity contribution in [3.8, 4) is 5.69 Å². The van der Waals surface area contributed by atoms with E-state index in [2.05, 4.69) is 32.6 Å². The van der Waals surface area contributed by atoms with Crippen LogP contribution in [0.4, 0.5) is 5.95 Å². The molecule has 0 N–H and O–H groups in total. The van der Waals surface area contributed by atoms with Gasteiger partial charge in [-0.2, -0.15) is 0 Å². The summed E-state index contributed by atoms with van der Waals surface area (Å²) in [5.74, 6) is 0.701. The van der Waals surface area contributed by atoms with Gasteiger partial charge in [-0.05, 0) is 63.4 Å². The van der Waals surface area contributed by atoms with Crippen molar-refractivity contribution in [2.24, 2.45) is 0 Å². The van der Waals surface area contributed by atoms with E-state index in [1.54, 1.807) is 15.9 Å². The molecule has 4 rings (SSSR count). The van der Waals surface area contributed by atoms with Crippen molar-refractivity contribution < 1.29 is 0 Å². The van der Waals surface area contributed by atoms with Crippen LogP contribution in [0.5, 0.6) is 0 Å². The van der Waals surface area contributed by atoms with Crippen LogP contribution in [-0.2, 0) is 0 Å². The van der Waals surface area contributed by atoms with E-state index in [1.165, 1.54) is 4.88 Å². The quantitative estimate of drug-likeness (QED) is 0.272. The second kappa shape index (κ2) is 9.82. The van der Waals surface area contributed by atoms with Crippen LogP contribution in [0.15, 0.2) is 29.1 Å². The first-order chi connectivity index (χ1) is 15.9. The second-order valence-electron chi connectivity index (χ2n) is 8.61. The Morgan fingerprint density at radius 2 is 1.61 bits per heavy atom. The molecule has 0 fully saturated rings. The van der Waals surface area contributed by atoms with E-state index < -0.39 is 0 Å². The number of pyridine rings is 1. The van der Waals surface area contributed by atoms with Crippen molar-refractivity contribution >= 4 is 50.0 Å². The van der Waals surface area contributed by atoms with Crippen molar-refractivity contribution in [2.45, 2.75) is 60.3 Å². The van der Waals surface area contributed by atoms with Crippen LogP contribution < -0.4 is 10.5 Å². The smallest absolute Gasteiger partial charge is 0.269 e. The minimum absolute atomic E-state index is 0.0783. The molecule has 0 saturated heterocycles. The third-order valence-electron chi connectivity index (χ3n) is 6.23. The summed E-state index contributed by atoms with van der Waals surface area (Å²) in [5.41, 5.74) is 3.33. The minimum Gasteiger partial charge on any atom is -0.342 e. The van der Waals surface area contributed by atoms with E-state index in [1.807, 2.05) is 31.2 Å². The molecule has 0 spiro atoms. The molecule has 0 amide bonds. The van der Waals surface area contributed by atoms with Gasteiger partial charge in [-0.3, -0.25) is 4.79 Å². The number of aromatic nitrogens is 3. The number of nitrogens with zero attached hydrogens (tertiary/aromatic N) is 4. The summed E-state index contributed by atoms with van der Waals surface area (Å²) in [6.07, 6.45) is 4.24. The third kappa shape index (κ3) is 4.38. The van der Waals surface area contributed by atoms with Gasteiger partial charge in [0.1, 0.15) is 4.83 Å². The average molecular weight is 483 g/mol. The highest BCUT2D eigenvalue weighted by Gasteiger charge is 2.23. The lowest BCUT2D eigenvalue weighted by molar-refractivity contribution is 0.654. The molecular formula is C26H31ClN4OS. The van der Waals surface area contributed by atoms with Crippen LogP contribution in [0, 0.1) is 20.8 Å². The van der Waals surface area contributed by atoms with Gasteiger partial charge < -0.3 is 4.90 Å². The number of fused-ring (bicyclic) bond motifs is 3. The summed E-state index contributed by atoms with van der Waals surface area (Å²) >= 11 is 7.83. The number of benzene rings is 1. The predicted octanol–water partition coefficient (Wildman–Crippen LogP) is 6.98. The van der Waals surface area contributed by atoms with Gasteiger partial charge in [0.15, 0.2) is 0 Å². The van der Waals surface area contributed by atoms with Crippen LogP contribution in [0.1, 0.15) is 55.7 Å². The number of hydrogen-bond acceptors (Lipinski definition) is 5. The highest BCUT2D eigenvalue weighted by molar-refractivity contribution is 7.18. The van der Waals surface area contributed by atoms with E-state index in [0.717, 1.165) is 71.5 Å². The summed E-state index contributed by atoms with van der Waals surface area (Å²) in [4.78, 5) is 28.6. The second-order valence-corrected chi connectivity index (χ2v) is 10.2. The molecule has 33 heavy (non-hydrogen) atoms. The summed E-state index contributed by atoms with van der Waals surface area (Å²) in [7, 11) is 0. The van der Waals surface area contributed by atoms with Crippen LogP contribution in [0.25, 0.3) is 26.8 Å². The number of rotatable bonds is 8. The topological polar surface area (TPSA) is 51.0 Å². The Bertz CT molecular complexity index is 1350. The number of unbranched alkanes of at least 4 members (excludes halogenated alkanes) is 2. The van der Waals surface area contributed by atoms with Crippen molar-refractivity contribution in [3.05, 3.63) is 55.8 Å². The number of aryl methyl sites for hydroxylation is 3. The SMILES string of the molecule is CCCCN(CCCC)c1nc2c(c(C)nc3sc(C)c(C)c32)c(=O)n1-c1ccc(Cl)cc1. The molecule has 0 bridgehead atoms. The van der Waals surface area contributed by atoms with Gasteiger partial charge in [0, 0.05) is 28.4 Å². The molecule has 5 nitrogen and oxygen atoms in total. The zero-order chi connectivity index (χ0) is 23.7. The predicted molar refractivity (Wildman–Crippen MR) is 142 cm³/mol. The van der Waals surface area contributed by atoms with Crippen LogP contribution in [0.2, 0.25) is 5.02 Å². The fraction of sp³-hybridized carbons (Fsp3) is 0.423. The average Bonchev–Trinajstić information content (AvgIpc) is 3.07. The molecule has 0 saturated carbocycles. The Hall–Kier alpha value is -2.44. The van der Waals surface area contributed by atoms with Gasteiger partial charge in [0.25, 0.3) is 5.56 Å². The van der Waals surface area contributed by atoms with Crippen molar-refractivity contribution in [3.63, 3.8) is 0 Å². The molecule has 0 unspecified atom stereocenters. The van der Waals surface area contributed by atoms with E-state index in [4.69, 9.17) is 21.6 Å². The largest absolute Gasteiger partial charge is 0.342 e. The molecule has 0 aliphatic heterocycles. The van der Waals surface area contributed by atoms with Gasteiger partial charge in [0.05, 0.1) is 22.3 Å². The molecule has 1 aromatic carbocycles. The highest BCUT2D eigenvalue weighted by Crippen LogP contribution is 2.35. The first-order valence-corrected chi connectivity index (χ1v) is 12.9. The maximum Gasteiger partial charge on any atom is 0.269 e. The summed E-state index contributed by atoms with van der Waals surface area (Å²) in [5, 5.41) is 2.23. The molecule has 3 heterocycles. The van der Waals surface area contributed by atoms with E-state index >= 15 is 0 Å². The number of thiophene rings is 1. The normalized spacial score (nSPS) is 11.6. The molecular weight excluding hydrogens is 452 g/mol. The number of anilines is 1. The molecule has 0 atom stereocenters. The zero-order valence-electron chi connectivity index (χ0n) is 20.0. The molecule has 3 aromatic heterocycles. The number of halogens is 1. The Labute approximate surface area is 204 Å². The Morgan fingerprint density at radius 3 is 2.21 bits per heavy atom. The van der Waals surface area contributed by atoms with E-state index in [-0.39, 0.29) is 5.56 Å². The molecule has 4 aromatic rings. The first-order valence-electron chi connectivity index (χ1n) is 11.7. The van der Waals surface area contributed by atoms with Crippen LogP contribution in [-0.4, -0.2) is 27.6 Å². The summed E-state index contributed by atoms with van der Waals surface area (Å²) < 4.78 is 1.75. The van der Waals surface area contributed by atoms with Crippen LogP contribution >= 0.6 is 22.9 Å². The molecule has 7 heteroatoms. The van der Waals surface area contributed by atoms with E-state index in [0.29, 0.717) is 16.4 Å². The van der Waals surface area contributed by atoms with Gasteiger partial charge in [0.2, 0.25) is 5.95 Å². The standard InChI is InChI=1S/C26H31ClN4OS/c1-6-8-14-30(15-9-7-2)26-29-23-21-16(3)18(5)33-24(21)28-17(4)22(23)25(32)31(26)20-12-10-19(27)11-13-20/h10-13H,6-9,14-15H2,1-5H3. The molecule has 174 valence electrons. The van der Waals surface area contributed by atoms with Gasteiger partial charge in [-0.25, -0.2) is 14.5 Å². The maximum absolute atomic E-state index is 14.1. The summed E-state index contributed by atoms with van der Waals surface area (Å²) in [6.45, 7) is 12.2. The Kier molecular flexibility index (Phi) is 7.05. The van der Waals surface area contributed by atoms with Gasteiger partial charge >= 0.3 is 0 Å². The maximum atomic E-state index is 14.1. The molecule has 0 aliphatic rings. The van der Waals surface area contributed by atoms with Crippen molar-refractivity contribution in [1.82, 2.24) is 14.5 Å². The fourth-order valence-corrected chi connectivity index (χ4v) is 5.44. The lowest BCUT2D eigenvalue weighted by atomic mass is 10.1.